The van der Waals surface area contributed by atoms with E-state index in [4.69, 9.17) is 10.3 Å². The van der Waals surface area contributed by atoms with Gasteiger partial charge in [-0.2, -0.15) is 0 Å². The fraction of sp³-hybridized carbons (Fsp3) is 0.333. The van der Waals surface area contributed by atoms with Crippen LogP contribution in [0.25, 0.3) is 0 Å². The van der Waals surface area contributed by atoms with Gasteiger partial charge in [0.2, 0.25) is 0 Å². The van der Waals surface area contributed by atoms with E-state index in [1.807, 2.05) is 12.1 Å². The van der Waals surface area contributed by atoms with Gasteiger partial charge in [0.1, 0.15) is 5.76 Å². The van der Waals surface area contributed by atoms with Gasteiger partial charge in [0.15, 0.2) is 0 Å². The Morgan fingerprint density at radius 3 is 2.94 bits per heavy atom. The number of hydrogen-bond donors (Lipinski definition) is 2. The molecule has 0 aromatic carbocycles. The molecule has 92 valence electrons. The van der Waals surface area contributed by atoms with Gasteiger partial charge in [-0.1, -0.05) is 0 Å². The zero-order valence-corrected chi connectivity index (χ0v) is 11.8. The Kier molecular flexibility index (Phi) is 4.79. The largest absolute Gasteiger partial charge is 0.469 e. The topological polar surface area (TPSA) is 51.2 Å². The van der Waals surface area contributed by atoms with Crippen molar-refractivity contribution in [3.63, 3.8) is 0 Å². The van der Waals surface area contributed by atoms with Gasteiger partial charge >= 0.3 is 0 Å². The number of nitrogens with two attached hydrogens (primary N) is 1. The summed E-state index contributed by atoms with van der Waals surface area (Å²) in [7, 11) is 0. The minimum Gasteiger partial charge on any atom is -0.469 e. The predicted octanol–water partition coefficient (Wildman–Crippen LogP) is 3.11. The van der Waals surface area contributed by atoms with Gasteiger partial charge in [0, 0.05) is 21.8 Å². The van der Waals surface area contributed by atoms with Gasteiger partial charge in [-0.05, 0) is 52.4 Å². The van der Waals surface area contributed by atoms with Crippen molar-refractivity contribution in [2.75, 3.05) is 0 Å². The highest BCUT2D eigenvalue weighted by atomic mass is 79.9. The summed E-state index contributed by atoms with van der Waals surface area (Å²) in [6.07, 6.45) is 4.52. The van der Waals surface area contributed by atoms with Crippen molar-refractivity contribution in [1.82, 2.24) is 5.43 Å². The number of halogens is 1. The lowest BCUT2D eigenvalue weighted by Gasteiger charge is -2.14. The normalized spacial score (nSPS) is 12.8. The van der Waals surface area contributed by atoms with Gasteiger partial charge in [-0.3, -0.25) is 11.3 Å². The van der Waals surface area contributed by atoms with Crippen molar-refractivity contribution in [3.8, 4) is 0 Å². The number of aryl methyl sites for hydroxylation is 1. The lowest BCUT2D eigenvalue weighted by molar-refractivity contribution is 0.449. The highest BCUT2D eigenvalue weighted by molar-refractivity contribution is 9.10. The van der Waals surface area contributed by atoms with Crippen LogP contribution < -0.4 is 11.3 Å². The third-order valence-corrected chi connectivity index (χ3v) is 4.63. The number of hydrogen-bond acceptors (Lipinski definition) is 4. The Labute approximate surface area is 113 Å². The van der Waals surface area contributed by atoms with E-state index in [0.29, 0.717) is 0 Å². The molecule has 0 spiro atoms. The molecular formula is C12H15BrN2OS. The van der Waals surface area contributed by atoms with Gasteiger partial charge in [0.25, 0.3) is 0 Å². The van der Waals surface area contributed by atoms with E-state index in [2.05, 4.69) is 32.8 Å². The molecule has 5 heteroatoms. The summed E-state index contributed by atoms with van der Waals surface area (Å²) in [5, 5.41) is 2.08. The van der Waals surface area contributed by atoms with Crippen LogP contribution in [0.2, 0.25) is 0 Å². The fourth-order valence-electron chi connectivity index (χ4n) is 1.71. The van der Waals surface area contributed by atoms with Crippen LogP contribution in [0, 0.1) is 0 Å². The van der Waals surface area contributed by atoms with E-state index in [1.165, 1.54) is 9.35 Å². The zero-order chi connectivity index (χ0) is 12.1. The Morgan fingerprint density at radius 2 is 2.35 bits per heavy atom. The molecule has 0 bridgehead atoms. The monoisotopic (exact) mass is 314 g/mol. The first-order chi connectivity index (χ1) is 8.29. The second kappa shape index (κ2) is 6.35. The SMILES string of the molecule is NNC(CCc1ccco1)Cc1sccc1Br. The van der Waals surface area contributed by atoms with Crippen LogP contribution in [0.5, 0.6) is 0 Å². The van der Waals surface area contributed by atoms with Crippen molar-refractivity contribution in [1.29, 1.82) is 0 Å². The molecule has 1 unspecified atom stereocenters. The summed E-state index contributed by atoms with van der Waals surface area (Å²) in [5.74, 6) is 6.60. The molecule has 0 aliphatic rings. The van der Waals surface area contributed by atoms with Crippen LogP contribution in [0.1, 0.15) is 17.1 Å². The minimum absolute atomic E-state index is 0.273. The van der Waals surface area contributed by atoms with E-state index >= 15 is 0 Å². The molecule has 0 radical (unpaired) electrons. The van der Waals surface area contributed by atoms with Gasteiger partial charge in [-0.15, -0.1) is 11.3 Å². The molecule has 0 aliphatic heterocycles. The molecule has 2 aromatic heterocycles. The van der Waals surface area contributed by atoms with E-state index in [0.717, 1.165) is 25.0 Å². The molecule has 1 atom stereocenters. The van der Waals surface area contributed by atoms with E-state index in [1.54, 1.807) is 17.6 Å². The third-order valence-electron chi connectivity index (χ3n) is 2.68. The molecule has 3 nitrogen and oxygen atoms in total. The third kappa shape index (κ3) is 3.67. The summed E-state index contributed by atoms with van der Waals surface area (Å²) >= 11 is 5.29. The highest BCUT2D eigenvalue weighted by Crippen LogP contribution is 2.24. The number of hydrazine groups is 1. The van der Waals surface area contributed by atoms with Crippen LogP contribution >= 0.6 is 27.3 Å². The molecule has 17 heavy (non-hydrogen) atoms. The maximum atomic E-state index is 5.59. The smallest absolute Gasteiger partial charge is 0.103 e. The molecule has 0 saturated heterocycles. The quantitative estimate of drug-likeness (QED) is 0.636. The van der Waals surface area contributed by atoms with Gasteiger partial charge < -0.3 is 4.42 Å². The number of rotatable bonds is 6. The van der Waals surface area contributed by atoms with E-state index in [-0.39, 0.29) is 6.04 Å². The average Bonchev–Trinajstić information content (AvgIpc) is 2.96. The second-order valence-electron chi connectivity index (χ2n) is 3.88. The Hall–Kier alpha value is -0.620. The fourth-order valence-corrected chi connectivity index (χ4v) is 3.31. The highest BCUT2D eigenvalue weighted by Gasteiger charge is 2.11. The summed E-state index contributed by atoms with van der Waals surface area (Å²) in [6.45, 7) is 0. The average molecular weight is 315 g/mol. The van der Waals surface area contributed by atoms with E-state index < -0.39 is 0 Å². The first-order valence-corrected chi connectivity index (χ1v) is 7.17. The van der Waals surface area contributed by atoms with Crippen molar-refractivity contribution >= 4 is 27.3 Å². The second-order valence-corrected chi connectivity index (χ2v) is 5.73. The maximum absolute atomic E-state index is 5.59. The molecule has 2 rings (SSSR count). The zero-order valence-electron chi connectivity index (χ0n) is 9.36. The Balaban J connectivity index is 1.87. The number of thiophene rings is 1. The van der Waals surface area contributed by atoms with Crippen molar-refractivity contribution in [3.05, 3.63) is 45.0 Å². The molecule has 0 saturated carbocycles. The van der Waals surface area contributed by atoms with Gasteiger partial charge in [0.05, 0.1) is 6.26 Å². The summed E-state index contributed by atoms with van der Waals surface area (Å²) in [6, 6.07) is 6.25. The summed E-state index contributed by atoms with van der Waals surface area (Å²) < 4.78 is 6.48. The number of furan rings is 1. The van der Waals surface area contributed by atoms with Crippen LogP contribution in [-0.2, 0) is 12.8 Å². The minimum atomic E-state index is 0.273. The lowest BCUT2D eigenvalue weighted by Crippen LogP contribution is -2.37. The number of nitrogens with one attached hydrogen (secondary N) is 1. The van der Waals surface area contributed by atoms with Crippen LogP contribution in [0.15, 0.2) is 38.7 Å². The van der Waals surface area contributed by atoms with Crippen molar-refractivity contribution in [2.24, 2.45) is 5.84 Å². The molecular weight excluding hydrogens is 300 g/mol. The molecule has 2 aromatic rings. The molecule has 0 fully saturated rings. The van der Waals surface area contributed by atoms with E-state index in [9.17, 15) is 0 Å². The van der Waals surface area contributed by atoms with Crippen molar-refractivity contribution < 1.29 is 4.42 Å². The molecule has 0 aliphatic carbocycles. The lowest BCUT2D eigenvalue weighted by atomic mass is 10.1. The first kappa shape index (κ1) is 12.8. The van der Waals surface area contributed by atoms with Gasteiger partial charge in [-0.25, -0.2) is 0 Å². The Bertz CT molecular complexity index is 441. The predicted molar refractivity (Wildman–Crippen MR) is 73.9 cm³/mol. The molecule has 0 amide bonds. The molecule has 2 heterocycles. The summed E-state index contributed by atoms with van der Waals surface area (Å²) in [5.41, 5.74) is 2.87. The first-order valence-electron chi connectivity index (χ1n) is 5.50. The van der Waals surface area contributed by atoms with Crippen molar-refractivity contribution in [2.45, 2.75) is 25.3 Å². The maximum Gasteiger partial charge on any atom is 0.103 e. The Morgan fingerprint density at radius 1 is 1.47 bits per heavy atom. The standard InChI is InChI=1S/C12H15BrN2OS/c13-11-5-7-17-12(11)8-9(15-14)3-4-10-2-1-6-16-10/h1-2,5-7,9,15H,3-4,8,14H2. The summed E-state index contributed by atoms with van der Waals surface area (Å²) in [4.78, 5) is 1.33. The van der Waals surface area contributed by atoms with Crippen LogP contribution in [-0.4, -0.2) is 6.04 Å². The van der Waals surface area contributed by atoms with Crippen LogP contribution in [0.4, 0.5) is 0 Å². The van der Waals surface area contributed by atoms with Crippen LogP contribution in [0.3, 0.4) is 0 Å². The molecule has 3 N–H and O–H groups in total.